The Balaban J connectivity index is 1.83. The van der Waals surface area contributed by atoms with Gasteiger partial charge in [0.05, 0.1) is 28.5 Å². The number of para-hydroxylation sites is 4. The molecule has 0 spiro atoms. The highest BCUT2D eigenvalue weighted by Gasteiger charge is 2.29. The fraction of sp³-hybridized carbons (Fsp3) is 0.0476. The Morgan fingerprint density at radius 3 is 2.38 bits per heavy atom. The van der Waals surface area contributed by atoms with Crippen LogP contribution in [-0.4, -0.2) is 17.7 Å². The molecule has 4 N–H and O–H groups in total. The lowest BCUT2D eigenvalue weighted by Gasteiger charge is -2.20. The predicted octanol–water partition coefficient (Wildman–Crippen LogP) is 3.82. The summed E-state index contributed by atoms with van der Waals surface area (Å²) in [6.45, 7) is 0. The molecule has 0 saturated carbocycles. The van der Waals surface area contributed by atoms with Gasteiger partial charge in [-0.15, -0.1) is 0 Å². The lowest BCUT2D eigenvalue weighted by Crippen LogP contribution is -2.41. The first kappa shape index (κ1) is 15.9. The van der Waals surface area contributed by atoms with E-state index in [1.165, 1.54) is 0 Å². The third-order valence-corrected chi connectivity index (χ3v) is 4.27. The summed E-state index contributed by atoms with van der Waals surface area (Å²) in [5.74, 6) is -0.180. The molecule has 5 nitrogen and oxygen atoms in total. The Morgan fingerprint density at radius 1 is 0.885 bits per heavy atom. The smallest absolute Gasteiger partial charge is 0.253 e. The van der Waals surface area contributed by atoms with Crippen LogP contribution in [0.25, 0.3) is 0 Å². The molecule has 1 atom stereocenters. The van der Waals surface area contributed by atoms with Crippen molar-refractivity contribution >= 4 is 34.4 Å². The molecule has 4 rings (SSSR count). The van der Waals surface area contributed by atoms with E-state index in [9.17, 15) is 4.79 Å². The van der Waals surface area contributed by atoms with E-state index in [4.69, 9.17) is 10.7 Å². The molecular formula is C21H18N4O. The van der Waals surface area contributed by atoms with Gasteiger partial charge in [-0.05, 0) is 29.8 Å². The van der Waals surface area contributed by atoms with Gasteiger partial charge >= 0.3 is 0 Å². The number of aliphatic imine (C=N–C) groups is 1. The highest BCUT2D eigenvalue weighted by molar-refractivity contribution is 6.23. The van der Waals surface area contributed by atoms with E-state index < -0.39 is 6.04 Å². The third-order valence-electron chi connectivity index (χ3n) is 4.27. The number of hydrogen-bond donors (Lipinski definition) is 3. The molecule has 1 heterocycles. The average molecular weight is 342 g/mol. The van der Waals surface area contributed by atoms with Crippen molar-refractivity contribution in [3.8, 4) is 0 Å². The molecule has 3 aromatic rings. The summed E-state index contributed by atoms with van der Waals surface area (Å²) in [6.07, 6.45) is 0. The van der Waals surface area contributed by atoms with Gasteiger partial charge in [-0.25, -0.2) is 4.99 Å². The topological polar surface area (TPSA) is 79.5 Å². The lowest BCUT2D eigenvalue weighted by molar-refractivity contribution is -0.115. The molecule has 0 saturated heterocycles. The second kappa shape index (κ2) is 6.72. The zero-order valence-corrected chi connectivity index (χ0v) is 14.0. The first-order chi connectivity index (χ1) is 12.7. The highest BCUT2D eigenvalue weighted by atomic mass is 16.2. The van der Waals surface area contributed by atoms with Gasteiger partial charge < -0.3 is 16.4 Å². The second-order valence-electron chi connectivity index (χ2n) is 6.03. The molecule has 1 aliphatic heterocycles. The summed E-state index contributed by atoms with van der Waals surface area (Å²) in [5, 5.41) is 6.21. The number of nitrogens with one attached hydrogen (secondary N) is 2. The largest absolute Gasteiger partial charge is 0.397 e. The summed E-state index contributed by atoms with van der Waals surface area (Å²) >= 11 is 0. The first-order valence-corrected chi connectivity index (χ1v) is 8.37. The number of fused-ring (bicyclic) bond motifs is 1. The number of nitrogens with two attached hydrogens (primary N) is 1. The van der Waals surface area contributed by atoms with Gasteiger partial charge in [-0.2, -0.15) is 0 Å². The average Bonchev–Trinajstić information content (AvgIpc) is 2.81. The van der Waals surface area contributed by atoms with E-state index in [1.807, 2.05) is 72.8 Å². The fourth-order valence-corrected chi connectivity index (χ4v) is 2.96. The van der Waals surface area contributed by atoms with Gasteiger partial charge in [0.2, 0.25) is 0 Å². The molecule has 26 heavy (non-hydrogen) atoms. The van der Waals surface area contributed by atoms with E-state index >= 15 is 0 Å². The van der Waals surface area contributed by atoms with Crippen molar-refractivity contribution < 1.29 is 4.79 Å². The zero-order valence-electron chi connectivity index (χ0n) is 14.0. The van der Waals surface area contributed by atoms with Crippen LogP contribution in [-0.2, 0) is 4.79 Å². The SMILES string of the molecule is Nc1ccccc1NC1C(=O)Nc2ccccc2N=C1c1ccccc1. The molecule has 1 aliphatic rings. The van der Waals surface area contributed by atoms with Crippen LogP contribution < -0.4 is 16.4 Å². The van der Waals surface area contributed by atoms with Gasteiger partial charge in [0.15, 0.2) is 0 Å². The molecule has 128 valence electrons. The maximum Gasteiger partial charge on any atom is 0.253 e. The van der Waals surface area contributed by atoms with Crippen LogP contribution in [0.4, 0.5) is 22.7 Å². The van der Waals surface area contributed by atoms with Gasteiger partial charge in [0, 0.05) is 0 Å². The minimum atomic E-state index is -0.672. The maximum atomic E-state index is 13.0. The molecule has 1 unspecified atom stereocenters. The molecule has 0 bridgehead atoms. The molecule has 3 aromatic carbocycles. The summed E-state index contributed by atoms with van der Waals surface area (Å²) in [5.41, 5.74) is 10.3. The van der Waals surface area contributed by atoms with Crippen molar-refractivity contribution in [3.05, 3.63) is 84.4 Å². The Hall–Kier alpha value is -3.60. The van der Waals surface area contributed by atoms with Crippen LogP contribution in [0.1, 0.15) is 5.56 Å². The number of anilines is 3. The van der Waals surface area contributed by atoms with Crippen LogP contribution in [0.3, 0.4) is 0 Å². The quantitative estimate of drug-likeness (QED) is 0.633. The molecule has 0 aliphatic carbocycles. The second-order valence-corrected chi connectivity index (χ2v) is 6.03. The fourth-order valence-electron chi connectivity index (χ4n) is 2.96. The number of hydrogen-bond acceptors (Lipinski definition) is 4. The van der Waals surface area contributed by atoms with E-state index in [0.29, 0.717) is 22.8 Å². The standard InChI is InChI=1S/C21H18N4O/c22-15-10-4-5-11-16(15)23-20-19(14-8-2-1-3-9-14)24-17-12-6-7-13-18(17)25-21(20)26/h1-13,20,23H,22H2,(H,25,26). The maximum absolute atomic E-state index is 13.0. The number of benzene rings is 3. The summed E-state index contributed by atoms with van der Waals surface area (Å²) < 4.78 is 0. The Morgan fingerprint density at radius 2 is 1.58 bits per heavy atom. The number of nitrogen functional groups attached to an aromatic ring is 1. The Bertz CT molecular complexity index is 982. The van der Waals surface area contributed by atoms with Crippen molar-refractivity contribution in [1.29, 1.82) is 0 Å². The number of nitrogens with zero attached hydrogens (tertiary/aromatic N) is 1. The molecule has 0 radical (unpaired) electrons. The van der Waals surface area contributed by atoms with Crippen LogP contribution in [0, 0.1) is 0 Å². The zero-order chi connectivity index (χ0) is 17.9. The molecule has 5 heteroatoms. The number of carbonyl (C=O) groups is 1. The van der Waals surface area contributed by atoms with Crippen LogP contribution in [0.2, 0.25) is 0 Å². The van der Waals surface area contributed by atoms with Crippen LogP contribution >= 0.6 is 0 Å². The van der Waals surface area contributed by atoms with Crippen molar-refractivity contribution in [2.45, 2.75) is 6.04 Å². The van der Waals surface area contributed by atoms with Crippen molar-refractivity contribution in [1.82, 2.24) is 0 Å². The number of carbonyl (C=O) groups excluding carboxylic acids is 1. The van der Waals surface area contributed by atoms with E-state index in [0.717, 1.165) is 11.3 Å². The lowest BCUT2D eigenvalue weighted by atomic mass is 10.0. The first-order valence-electron chi connectivity index (χ1n) is 8.37. The third kappa shape index (κ3) is 3.02. The van der Waals surface area contributed by atoms with E-state index in [1.54, 1.807) is 6.07 Å². The predicted molar refractivity (Wildman–Crippen MR) is 106 cm³/mol. The summed E-state index contributed by atoms with van der Waals surface area (Å²) in [4.78, 5) is 17.8. The van der Waals surface area contributed by atoms with Crippen LogP contribution in [0.5, 0.6) is 0 Å². The monoisotopic (exact) mass is 342 g/mol. The van der Waals surface area contributed by atoms with Crippen molar-refractivity contribution in [3.63, 3.8) is 0 Å². The van der Waals surface area contributed by atoms with Gasteiger partial charge in [-0.1, -0.05) is 54.6 Å². The Kier molecular flexibility index (Phi) is 4.11. The molecular weight excluding hydrogens is 324 g/mol. The van der Waals surface area contributed by atoms with E-state index in [-0.39, 0.29) is 5.91 Å². The summed E-state index contributed by atoms with van der Waals surface area (Å²) in [7, 11) is 0. The minimum absolute atomic E-state index is 0.180. The van der Waals surface area contributed by atoms with Gasteiger partial charge in [-0.3, -0.25) is 4.79 Å². The van der Waals surface area contributed by atoms with Gasteiger partial charge in [0.1, 0.15) is 6.04 Å². The highest BCUT2D eigenvalue weighted by Crippen LogP contribution is 2.30. The van der Waals surface area contributed by atoms with Gasteiger partial charge in [0.25, 0.3) is 5.91 Å². The normalized spacial score (nSPS) is 16.1. The molecule has 0 aromatic heterocycles. The molecule has 1 amide bonds. The number of rotatable bonds is 3. The van der Waals surface area contributed by atoms with Crippen molar-refractivity contribution in [2.75, 3.05) is 16.4 Å². The Labute approximate surface area is 151 Å². The minimum Gasteiger partial charge on any atom is -0.397 e. The van der Waals surface area contributed by atoms with Crippen LogP contribution in [0.15, 0.2) is 83.9 Å². The summed E-state index contributed by atoms with van der Waals surface area (Å²) in [6, 6.07) is 23.9. The van der Waals surface area contributed by atoms with Crippen molar-refractivity contribution in [2.24, 2.45) is 4.99 Å². The number of amides is 1. The van der Waals surface area contributed by atoms with E-state index in [2.05, 4.69) is 10.6 Å². The molecule has 0 fully saturated rings.